The van der Waals surface area contributed by atoms with Crippen molar-refractivity contribution in [3.63, 3.8) is 0 Å². The molecule has 2 rings (SSSR count). The molecular weight excluding hydrogens is 296 g/mol. The van der Waals surface area contributed by atoms with Crippen molar-refractivity contribution in [3.05, 3.63) is 60.0 Å². The second-order valence-electron chi connectivity index (χ2n) is 5.97. The molecule has 0 spiro atoms. The highest BCUT2D eigenvalue weighted by Gasteiger charge is 2.26. The predicted octanol–water partition coefficient (Wildman–Crippen LogP) is 5.65. The van der Waals surface area contributed by atoms with Crippen LogP contribution in [0.3, 0.4) is 0 Å². The van der Waals surface area contributed by atoms with Gasteiger partial charge in [-0.05, 0) is 51.3 Å². The van der Waals surface area contributed by atoms with E-state index in [4.69, 9.17) is 9.73 Å². The molecule has 24 heavy (non-hydrogen) atoms. The fourth-order valence-corrected chi connectivity index (χ4v) is 2.64. The first-order valence-corrected chi connectivity index (χ1v) is 8.63. The number of anilines is 1. The van der Waals surface area contributed by atoms with Gasteiger partial charge in [0.1, 0.15) is 5.75 Å². The number of allylic oxidation sites excluding steroid dienone is 3. The molecule has 0 aromatic heterocycles. The first-order valence-electron chi connectivity index (χ1n) is 8.63. The second kappa shape index (κ2) is 8.53. The lowest BCUT2D eigenvalue weighted by Gasteiger charge is -2.16. The molecule has 0 heterocycles. The predicted molar refractivity (Wildman–Crippen MR) is 104 cm³/mol. The zero-order valence-corrected chi connectivity index (χ0v) is 15.2. The maximum absolute atomic E-state index is 5.42. The van der Waals surface area contributed by atoms with E-state index in [2.05, 4.69) is 44.0 Å². The Morgan fingerprint density at radius 3 is 2.71 bits per heavy atom. The number of benzene rings is 1. The van der Waals surface area contributed by atoms with E-state index in [0.717, 1.165) is 40.5 Å². The van der Waals surface area contributed by atoms with Gasteiger partial charge in [-0.25, -0.2) is 0 Å². The first kappa shape index (κ1) is 18.1. The third kappa shape index (κ3) is 4.38. The Morgan fingerprint density at radius 1 is 1.42 bits per heavy atom. The molecular formula is C21H28N2O. The summed E-state index contributed by atoms with van der Waals surface area (Å²) in [5.41, 5.74) is 5.20. The Kier molecular flexibility index (Phi) is 6.42. The standard InChI is InChI=1S/C21H28N2O/c1-6-10-20(18(8-3)22-17(7-2)16-13-14-16)23-19-11-9-12-21(24-5)15(19)4/h7-12,16,23H,2,6,13-14H2,1,3-5H3/b18-8-,20-10+,22-17?. The zero-order valence-electron chi connectivity index (χ0n) is 15.2. The van der Waals surface area contributed by atoms with E-state index in [9.17, 15) is 0 Å². The van der Waals surface area contributed by atoms with Crippen LogP contribution in [-0.4, -0.2) is 12.8 Å². The Morgan fingerprint density at radius 2 is 2.17 bits per heavy atom. The fourth-order valence-electron chi connectivity index (χ4n) is 2.64. The maximum atomic E-state index is 5.42. The average molecular weight is 324 g/mol. The third-order valence-corrected chi connectivity index (χ3v) is 4.19. The van der Waals surface area contributed by atoms with Gasteiger partial charge in [0.15, 0.2) is 0 Å². The van der Waals surface area contributed by atoms with Crippen molar-refractivity contribution < 1.29 is 4.74 Å². The summed E-state index contributed by atoms with van der Waals surface area (Å²) in [6, 6.07) is 6.03. The topological polar surface area (TPSA) is 33.6 Å². The van der Waals surface area contributed by atoms with Crippen LogP contribution in [-0.2, 0) is 0 Å². The highest BCUT2D eigenvalue weighted by molar-refractivity contribution is 5.99. The molecule has 1 aliphatic carbocycles. The number of aliphatic imine (C=N–C) groups is 1. The van der Waals surface area contributed by atoms with E-state index in [1.54, 1.807) is 7.11 Å². The Bertz CT molecular complexity index is 679. The summed E-state index contributed by atoms with van der Waals surface area (Å²) in [7, 11) is 1.70. The fraction of sp³-hybridized carbons (Fsp3) is 0.381. The van der Waals surface area contributed by atoms with Crippen molar-refractivity contribution in [2.45, 2.75) is 40.0 Å². The lowest BCUT2D eigenvalue weighted by Crippen LogP contribution is -2.06. The molecule has 0 aliphatic heterocycles. The van der Waals surface area contributed by atoms with Gasteiger partial charge in [-0.3, -0.25) is 4.99 Å². The maximum Gasteiger partial charge on any atom is 0.123 e. The van der Waals surface area contributed by atoms with Gasteiger partial charge in [0.25, 0.3) is 0 Å². The molecule has 0 atom stereocenters. The van der Waals surface area contributed by atoms with Crippen LogP contribution in [0.15, 0.2) is 59.4 Å². The molecule has 1 saturated carbocycles. The van der Waals surface area contributed by atoms with E-state index in [1.165, 1.54) is 12.8 Å². The molecule has 3 nitrogen and oxygen atoms in total. The molecule has 0 amide bonds. The summed E-state index contributed by atoms with van der Waals surface area (Å²) in [4.78, 5) is 4.86. The summed E-state index contributed by atoms with van der Waals surface area (Å²) in [6.45, 7) is 10.1. The van der Waals surface area contributed by atoms with E-state index >= 15 is 0 Å². The van der Waals surface area contributed by atoms with Crippen LogP contribution in [0.1, 0.15) is 38.7 Å². The Labute approximate surface area is 145 Å². The molecule has 3 heteroatoms. The minimum atomic E-state index is 0.582. The van der Waals surface area contributed by atoms with E-state index < -0.39 is 0 Å². The van der Waals surface area contributed by atoms with Crippen molar-refractivity contribution in [2.24, 2.45) is 10.9 Å². The summed E-state index contributed by atoms with van der Waals surface area (Å²) < 4.78 is 5.42. The first-order chi connectivity index (χ1) is 11.6. The molecule has 1 aromatic carbocycles. The van der Waals surface area contributed by atoms with Gasteiger partial charge in [0, 0.05) is 22.9 Å². The van der Waals surface area contributed by atoms with Gasteiger partial charge in [-0.2, -0.15) is 0 Å². The highest BCUT2D eigenvalue weighted by atomic mass is 16.5. The molecule has 0 bridgehead atoms. The molecule has 1 N–H and O–H groups in total. The van der Waals surface area contributed by atoms with Crippen molar-refractivity contribution in [1.29, 1.82) is 0 Å². The highest BCUT2D eigenvalue weighted by Crippen LogP contribution is 2.33. The van der Waals surface area contributed by atoms with Gasteiger partial charge in [0.2, 0.25) is 0 Å². The second-order valence-corrected chi connectivity index (χ2v) is 5.97. The van der Waals surface area contributed by atoms with Crippen LogP contribution in [0.4, 0.5) is 5.69 Å². The normalized spacial score (nSPS) is 16.1. The number of nitrogens with one attached hydrogen (secondary N) is 1. The Balaban J connectivity index is 2.32. The number of rotatable bonds is 8. The summed E-state index contributed by atoms with van der Waals surface area (Å²) in [5.74, 6) is 1.46. The molecule has 1 aromatic rings. The zero-order chi connectivity index (χ0) is 17.5. The Hall–Kier alpha value is -2.29. The largest absolute Gasteiger partial charge is 0.496 e. The lowest BCUT2D eigenvalue weighted by molar-refractivity contribution is 0.412. The van der Waals surface area contributed by atoms with Crippen LogP contribution < -0.4 is 10.1 Å². The quantitative estimate of drug-likeness (QED) is 0.495. The van der Waals surface area contributed by atoms with Crippen LogP contribution in [0.2, 0.25) is 0 Å². The molecule has 128 valence electrons. The van der Waals surface area contributed by atoms with Gasteiger partial charge in [0.05, 0.1) is 18.5 Å². The van der Waals surface area contributed by atoms with Crippen LogP contribution in [0.25, 0.3) is 0 Å². The number of hydrogen-bond donors (Lipinski definition) is 1. The van der Waals surface area contributed by atoms with E-state index in [0.29, 0.717) is 5.92 Å². The SMILES string of the molecule is C=CC(=NC(=C\C)/C(=C\CC)Nc1cccc(OC)c1C)C1CC1. The minimum Gasteiger partial charge on any atom is -0.496 e. The van der Waals surface area contributed by atoms with Crippen LogP contribution >= 0.6 is 0 Å². The van der Waals surface area contributed by atoms with Crippen LogP contribution in [0, 0.1) is 12.8 Å². The summed E-state index contributed by atoms with van der Waals surface area (Å²) in [5, 5.41) is 3.53. The molecule has 0 radical (unpaired) electrons. The van der Waals surface area contributed by atoms with Gasteiger partial charge >= 0.3 is 0 Å². The monoisotopic (exact) mass is 324 g/mol. The van der Waals surface area contributed by atoms with Gasteiger partial charge in [-0.15, -0.1) is 0 Å². The number of ether oxygens (including phenoxy) is 1. The van der Waals surface area contributed by atoms with Crippen LogP contribution in [0.5, 0.6) is 5.75 Å². The lowest BCUT2D eigenvalue weighted by atomic mass is 10.1. The van der Waals surface area contributed by atoms with Gasteiger partial charge < -0.3 is 10.1 Å². The van der Waals surface area contributed by atoms with Gasteiger partial charge in [-0.1, -0.05) is 31.7 Å². The van der Waals surface area contributed by atoms with E-state index in [-0.39, 0.29) is 0 Å². The number of hydrogen-bond acceptors (Lipinski definition) is 3. The minimum absolute atomic E-state index is 0.582. The van der Waals surface area contributed by atoms with Crippen molar-refractivity contribution in [3.8, 4) is 5.75 Å². The molecule has 0 unspecified atom stereocenters. The van der Waals surface area contributed by atoms with E-state index in [1.807, 2.05) is 25.1 Å². The third-order valence-electron chi connectivity index (χ3n) is 4.19. The van der Waals surface area contributed by atoms with Crippen molar-refractivity contribution in [2.75, 3.05) is 12.4 Å². The number of methoxy groups -OCH3 is 1. The molecule has 0 saturated heterocycles. The molecule has 1 aliphatic rings. The summed E-state index contributed by atoms with van der Waals surface area (Å²) in [6.07, 6.45) is 9.49. The smallest absolute Gasteiger partial charge is 0.123 e. The van der Waals surface area contributed by atoms with Crippen molar-refractivity contribution in [1.82, 2.24) is 0 Å². The molecule has 1 fully saturated rings. The van der Waals surface area contributed by atoms with Crippen molar-refractivity contribution >= 4 is 11.4 Å². The number of nitrogens with zero attached hydrogens (tertiary/aromatic N) is 1. The summed E-state index contributed by atoms with van der Waals surface area (Å²) >= 11 is 0. The average Bonchev–Trinajstić information content (AvgIpc) is 3.42.